The third-order valence-corrected chi connectivity index (χ3v) is 5.63. The van der Waals surface area contributed by atoms with E-state index >= 15 is 0 Å². The van der Waals surface area contributed by atoms with Gasteiger partial charge < -0.3 is 9.72 Å². The third-order valence-electron chi connectivity index (χ3n) is 5.63. The highest BCUT2D eigenvalue weighted by molar-refractivity contribution is 5.87. The van der Waals surface area contributed by atoms with E-state index in [0.29, 0.717) is 12.6 Å². The van der Waals surface area contributed by atoms with Crippen LogP contribution in [-0.2, 0) is 16.0 Å². The Morgan fingerprint density at radius 3 is 2.92 bits per heavy atom. The number of aromatic amines is 1. The van der Waals surface area contributed by atoms with Gasteiger partial charge in [0.1, 0.15) is 6.04 Å². The molecule has 3 atom stereocenters. The number of carbonyl (C=O) groups excluding carboxylic acids is 1. The van der Waals surface area contributed by atoms with Gasteiger partial charge in [0.2, 0.25) is 0 Å². The molecule has 3 unspecified atom stereocenters. The van der Waals surface area contributed by atoms with Crippen molar-refractivity contribution in [3.05, 3.63) is 47.7 Å². The summed E-state index contributed by atoms with van der Waals surface area (Å²) in [5.41, 5.74) is 4.94. The number of benzene rings is 1. The second kappa shape index (κ2) is 6.34. The first-order valence-electron chi connectivity index (χ1n) is 9.28. The summed E-state index contributed by atoms with van der Waals surface area (Å²) in [5.74, 6) is -0.0861. The number of para-hydroxylation sites is 1. The van der Waals surface area contributed by atoms with Crippen LogP contribution >= 0.6 is 0 Å². The standard InChI is InChI=1S/C21H26N2O2/c1-4-25-21(24)19-12-16-15-7-5-6-8-17(15)22-20(16)18-10-9-14(23(18)19)11-13(2)3/h5-8,14,18-19,22H,2,4,9-12H2,1,3H3. The van der Waals surface area contributed by atoms with Gasteiger partial charge in [-0.3, -0.25) is 9.69 Å². The molecule has 4 heteroatoms. The van der Waals surface area contributed by atoms with Crippen molar-refractivity contribution in [3.63, 3.8) is 0 Å². The fraction of sp³-hybridized carbons (Fsp3) is 0.476. The van der Waals surface area contributed by atoms with E-state index in [2.05, 4.69) is 47.7 Å². The smallest absolute Gasteiger partial charge is 0.323 e. The maximum absolute atomic E-state index is 12.7. The maximum atomic E-state index is 12.7. The van der Waals surface area contributed by atoms with Gasteiger partial charge in [-0.25, -0.2) is 0 Å². The van der Waals surface area contributed by atoms with E-state index in [1.165, 1.54) is 27.7 Å². The van der Waals surface area contributed by atoms with E-state index in [1.54, 1.807) is 0 Å². The topological polar surface area (TPSA) is 45.3 Å². The Labute approximate surface area is 148 Å². The van der Waals surface area contributed by atoms with Crippen molar-refractivity contribution in [2.45, 2.75) is 57.7 Å². The average Bonchev–Trinajstić information content (AvgIpc) is 3.15. The number of carbonyl (C=O) groups is 1. The van der Waals surface area contributed by atoms with Crippen molar-refractivity contribution >= 4 is 16.9 Å². The van der Waals surface area contributed by atoms with Gasteiger partial charge in [-0.05, 0) is 44.7 Å². The number of hydrogen-bond donors (Lipinski definition) is 1. The van der Waals surface area contributed by atoms with Crippen molar-refractivity contribution < 1.29 is 9.53 Å². The number of ether oxygens (including phenoxy) is 1. The molecule has 1 N–H and O–H groups in total. The highest BCUT2D eigenvalue weighted by Gasteiger charge is 2.47. The number of esters is 1. The maximum Gasteiger partial charge on any atom is 0.323 e. The second-order valence-electron chi connectivity index (χ2n) is 7.39. The molecular formula is C21H26N2O2. The molecule has 0 spiro atoms. The summed E-state index contributed by atoms with van der Waals surface area (Å²) in [6.07, 6.45) is 3.85. The lowest BCUT2D eigenvalue weighted by Crippen LogP contribution is -2.50. The van der Waals surface area contributed by atoms with E-state index in [9.17, 15) is 4.79 Å². The molecule has 1 aromatic heterocycles. The molecule has 0 amide bonds. The van der Waals surface area contributed by atoms with Crippen LogP contribution in [0.4, 0.5) is 0 Å². The van der Waals surface area contributed by atoms with Gasteiger partial charge in [0, 0.05) is 29.1 Å². The average molecular weight is 338 g/mol. The minimum Gasteiger partial charge on any atom is -0.465 e. The van der Waals surface area contributed by atoms with E-state index in [0.717, 1.165) is 25.7 Å². The SMILES string of the molecule is C=C(C)CC1CCC2c3[nH]c4ccccc4c3CC(C(=O)OCC)N12. The van der Waals surface area contributed by atoms with Crippen LogP contribution in [0.3, 0.4) is 0 Å². The van der Waals surface area contributed by atoms with Crippen LogP contribution in [0.25, 0.3) is 10.9 Å². The molecule has 1 fully saturated rings. The summed E-state index contributed by atoms with van der Waals surface area (Å²) in [5, 5.41) is 1.25. The molecule has 0 saturated carbocycles. The van der Waals surface area contributed by atoms with Gasteiger partial charge in [-0.15, -0.1) is 6.58 Å². The van der Waals surface area contributed by atoms with Crippen LogP contribution in [0.2, 0.25) is 0 Å². The van der Waals surface area contributed by atoms with Crippen LogP contribution in [0.5, 0.6) is 0 Å². The number of H-pyrrole nitrogens is 1. The highest BCUT2D eigenvalue weighted by atomic mass is 16.5. The Morgan fingerprint density at radius 1 is 1.36 bits per heavy atom. The summed E-state index contributed by atoms with van der Waals surface area (Å²) >= 11 is 0. The molecule has 2 aliphatic rings. The lowest BCUT2D eigenvalue weighted by Gasteiger charge is -2.40. The number of nitrogens with zero attached hydrogens (tertiary/aromatic N) is 1. The van der Waals surface area contributed by atoms with Crippen LogP contribution in [-0.4, -0.2) is 34.5 Å². The lowest BCUT2D eigenvalue weighted by molar-refractivity contribution is -0.151. The molecule has 1 saturated heterocycles. The monoisotopic (exact) mass is 338 g/mol. The summed E-state index contributed by atoms with van der Waals surface area (Å²) < 4.78 is 5.43. The molecule has 4 rings (SSSR count). The van der Waals surface area contributed by atoms with Crippen molar-refractivity contribution in [2.24, 2.45) is 0 Å². The van der Waals surface area contributed by atoms with Gasteiger partial charge in [0.05, 0.1) is 12.6 Å². The molecule has 0 bridgehead atoms. The number of nitrogens with one attached hydrogen (secondary N) is 1. The molecule has 3 heterocycles. The minimum absolute atomic E-state index is 0.0861. The van der Waals surface area contributed by atoms with Crippen molar-refractivity contribution in [2.75, 3.05) is 6.61 Å². The number of aromatic nitrogens is 1. The van der Waals surface area contributed by atoms with Gasteiger partial charge in [-0.1, -0.05) is 23.8 Å². The highest BCUT2D eigenvalue weighted by Crippen LogP contribution is 2.46. The predicted octanol–water partition coefficient (Wildman–Crippen LogP) is 4.13. The Bertz CT molecular complexity index is 822. The van der Waals surface area contributed by atoms with E-state index in [4.69, 9.17) is 4.74 Å². The fourth-order valence-corrected chi connectivity index (χ4v) is 4.75. The minimum atomic E-state index is -0.191. The molecule has 4 nitrogen and oxygen atoms in total. The number of hydrogen-bond acceptors (Lipinski definition) is 3. The lowest BCUT2D eigenvalue weighted by atomic mass is 9.92. The molecular weight excluding hydrogens is 312 g/mol. The molecule has 132 valence electrons. The number of rotatable bonds is 4. The van der Waals surface area contributed by atoms with Crippen LogP contribution in [0, 0.1) is 0 Å². The largest absolute Gasteiger partial charge is 0.465 e. The quantitative estimate of drug-likeness (QED) is 0.673. The van der Waals surface area contributed by atoms with Crippen molar-refractivity contribution in [1.82, 2.24) is 9.88 Å². The molecule has 0 aliphatic carbocycles. The zero-order chi connectivity index (χ0) is 17.6. The first kappa shape index (κ1) is 16.4. The van der Waals surface area contributed by atoms with Crippen LogP contribution in [0.15, 0.2) is 36.4 Å². The Morgan fingerprint density at radius 2 is 2.16 bits per heavy atom. The van der Waals surface area contributed by atoms with Gasteiger partial charge in [0.25, 0.3) is 0 Å². The second-order valence-corrected chi connectivity index (χ2v) is 7.39. The molecule has 25 heavy (non-hydrogen) atoms. The Balaban J connectivity index is 1.79. The molecule has 1 aromatic carbocycles. The zero-order valence-electron chi connectivity index (χ0n) is 15.0. The summed E-state index contributed by atoms with van der Waals surface area (Å²) in [6, 6.07) is 8.86. The van der Waals surface area contributed by atoms with Gasteiger partial charge in [0.15, 0.2) is 0 Å². The fourth-order valence-electron chi connectivity index (χ4n) is 4.75. The summed E-state index contributed by atoms with van der Waals surface area (Å²) in [7, 11) is 0. The van der Waals surface area contributed by atoms with E-state index < -0.39 is 0 Å². The van der Waals surface area contributed by atoms with Gasteiger partial charge >= 0.3 is 5.97 Å². The van der Waals surface area contributed by atoms with Crippen molar-refractivity contribution in [3.8, 4) is 0 Å². The summed E-state index contributed by atoms with van der Waals surface area (Å²) in [4.78, 5) is 18.8. The first-order chi connectivity index (χ1) is 12.1. The first-order valence-corrected chi connectivity index (χ1v) is 9.28. The molecule has 2 aromatic rings. The molecule has 0 radical (unpaired) electrons. The number of fused-ring (bicyclic) bond motifs is 5. The summed E-state index contributed by atoms with van der Waals surface area (Å²) in [6.45, 7) is 8.48. The van der Waals surface area contributed by atoms with Crippen LogP contribution < -0.4 is 0 Å². The van der Waals surface area contributed by atoms with E-state index in [1.807, 2.05) is 6.92 Å². The van der Waals surface area contributed by atoms with E-state index in [-0.39, 0.29) is 18.1 Å². The Kier molecular flexibility index (Phi) is 4.16. The normalized spacial score (nSPS) is 25.6. The van der Waals surface area contributed by atoms with Crippen LogP contribution in [0.1, 0.15) is 50.4 Å². The van der Waals surface area contributed by atoms with Gasteiger partial charge in [-0.2, -0.15) is 0 Å². The van der Waals surface area contributed by atoms with Crippen molar-refractivity contribution in [1.29, 1.82) is 0 Å². The Hall–Kier alpha value is -2.07. The molecule has 2 aliphatic heterocycles. The zero-order valence-corrected chi connectivity index (χ0v) is 15.0. The predicted molar refractivity (Wildman–Crippen MR) is 99.5 cm³/mol. The third kappa shape index (κ3) is 2.69.